The van der Waals surface area contributed by atoms with Crippen molar-refractivity contribution in [2.75, 3.05) is 0 Å². The minimum atomic E-state index is 0.0962. The standard InChI is InChI=1S/C14H24O/c1-10-8-11(13(2,3)4)9-12(15-10)14(5,6)7/h8-9,11H,1-7H3. The average Bonchev–Trinajstić information content (AvgIpc) is 1.99. The molecule has 1 atom stereocenters. The maximum Gasteiger partial charge on any atom is 0.105 e. The van der Waals surface area contributed by atoms with Crippen LogP contribution in [-0.4, -0.2) is 0 Å². The number of hydrogen-bond donors (Lipinski definition) is 0. The van der Waals surface area contributed by atoms with Gasteiger partial charge in [0.25, 0.3) is 0 Å². The fourth-order valence-electron chi connectivity index (χ4n) is 1.61. The van der Waals surface area contributed by atoms with Crippen LogP contribution < -0.4 is 0 Å². The van der Waals surface area contributed by atoms with Crippen LogP contribution in [-0.2, 0) is 4.74 Å². The van der Waals surface area contributed by atoms with Gasteiger partial charge in [-0.05, 0) is 24.5 Å². The van der Waals surface area contributed by atoms with E-state index in [9.17, 15) is 0 Å². The summed E-state index contributed by atoms with van der Waals surface area (Å²) in [5.74, 6) is 2.60. The second-order valence-corrected chi connectivity index (χ2v) is 6.55. The minimum Gasteiger partial charge on any atom is -0.466 e. The van der Waals surface area contributed by atoms with Crippen LogP contribution in [0.1, 0.15) is 48.5 Å². The van der Waals surface area contributed by atoms with E-state index in [1.54, 1.807) is 0 Å². The molecule has 1 rings (SSSR count). The largest absolute Gasteiger partial charge is 0.466 e. The summed E-state index contributed by atoms with van der Waals surface area (Å²) in [6.07, 6.45) is 4.49. The second-order valence-electron chi connectivity index (χ2n) is 6.55. The molecule has 86 valence electrons. The maximum absolute atomic E-state index is 5.80. The number of hydrogen-bond acceptors (Lipinski definition) is 1. The van der Waals surface area contributed by atoms with Gasteiger partial charge in [-0.25, -0.2) is 0 Å². The van der Waals surface area contributed by atoms with Crippen molar-refractivity contribution in [3.8, 4) is 0 Å². The predicted molar refractivity (Wildman–Crippen MR) is 65.3 cm³/mol. The van der Waals surface area contributed by atoms with Crippen LogP contribution in [0.2, 0.25) is 0 Å². The number of ether oxygens (including phenoxy) is 1. The zero-order chi connectivity index (χ0) is 11.9. The molecule has 0 spiro atoms. The van der Waals surface area contributed by atoms with Crippen LogP contribution in [0.4, 0.5) is 0 Å². The highest BCUT2D eigenvalue weighted by molar-refractivity contribution is 5.19. The van der Waals surface area contributed by atoms with Crippen molar-refractivity contribution in [3.05, 3.63) is 23.7 Å². The zero-order valence-electron chi connectivity index (χ0n) is 11.1. The Morgan fingerprint density at radius 3 is 1.93 bits per heavy atom. The van der Waals surface area contributed by atoms with Gasteiger partial charge in [0.15, 0.2) is 0 Å². The molecular weight excluding hydrogens is 184 g/mol. The van der Waals surface area contributed by atoms with Crippen molar-refractivity contribution in [1.82, 2.24) is 0 Å². The van der Waals surface area contributed by atoms with Crippen LogP contribution in [0.25, 0.3) is 0 Å². The summed E-state index contributed by atoms with van der Waals surface area (Å²) < 4.78 is 5.80. The Labute approximate surface area is 94.2 Å². The van der Waals surface area contributed by atoms with E-state index in [4.69, 9.17) is 4.74 Å². The van der Waals surface area contributed by atoms with Gasteiger partial charge in [0, 0.05) is 11.3 Å². The normalized spacial score (nSPS) is 23.0. The lowest BCUT2D eigenvalue weighted by atomic mass is 9.77. The van der Waals surface area contributed by atoms with Gasteiger partial charge in [-0.3, -0.25) is 0 Å². The topological polar surface area (TPSA) is 9.23 Å². The smallest absolute Gasteiger partial charge is 0.105 e. The van der Waals surface area contributed by atoms with Gasteiger partial charge in [0.2, 0.25) is 0 Å². The Kier molecular flexibility index (Phi) is 3.04. The number of rotatable bonds is 0. The molecule has 0 aliphatic carbocycles. The molecule has 1 heterocycles. The van der Waals surface area contributed by atoms with E-state index in [-0.39, 0.29) is 10.8 Å². The van der Waals surface area contributed by atoms with Crippen molar-refractivity contribution >= 4 is 0 Å². The summed E-state index contributed by atoms with van der Waals surface area (Å²) in [6.45, 7) is 15.4. The highest BCUT2D eigenvalue weighted by atomic mass is 16.5. The molecule has 0 aromatic carbocycles. The van der Waals surface area contributed by atoms with Crippen LogP contribution in [0, 0.1) is 16.7 Å². The fraction of sp³-hybridized carbons (Fsp3) is 0.714. The Balaban J connectivity index is 3.01. The van der Waals surface area contributed by atoms with Crippen molar-refractivity contribution in [3.63, 3.8) is 0 Å². The van der Waals surface area contributed by atoms with Crippen molar-refractivity contribution < 1.29 is 4.74 Å². The van der Waals surface area contributed by atoms with Crippen molar-refractivity contribution in [1.29, 1.82) is 0 Å². The van der Waals surface area contributed by atoms with Crippen molar-refractivity contribution in [2.24, 2.45) is 16.7 Å². The van der Waals surface area contributed by atoms with Crippen LogP contribution >= 0.6 is 0 Å². The lowest BCUT2D eigenvalue weighted by Gasteiger charge is -2.33. The molecule has 0 bridgehead atoms. The van der Waals surface area contributed by atoms with E-state index in [0.29, 0.717) is 5.92 Å². The monoisotopic (exact) mass is 208 g/mol. The lowest BCUT2D eigenvalue weighted by molar-refractivity contribution is 0.191. The van der Waals surface area contributed by atoms with Gasteiger partial charge < -0.3 is 4.74 Å². The maximum atomic E-state index is 5.80. The van der Waals surface area contributed by atoms with Gasteiger partial charge >= 0.3 is 0 Å². The van der Waals surface area contributed by atoms with E-state index >= 15 is 0 Å². The van der Waals surface area contributed by atoms with E-state index in [2.05, 4.69) is 53.7 Å². The molecule has 0 N–H and O–H groups in total. The molecular formula is C14H24O. The van der Waals surface area contributed by atoms with E-state index in [1.165, 1.54) is 0 Å². The summed E-state index contributed by atoms with van der Waals surface area (Å²) >= 11 is 0. The Morgan fingerprint density at radius 2 is 1.53 bits per heavy atom. The first-order valence-electron chi connectivity index (χ1n) is 5.69. The van der Waals surface area contributed by atoms with Crippen LogP contribution in [0.5, 0.6) is 0 Å². The molecule has 0 saturated heterocycles. The second kappa shape index (κ2) is 3.70. The highest BCUT2D eigenvalue weighted by Crippen LogP contribution is 2.38. The van der Waals surface area contributed by atoms with E-state index in [0.717, 1.165) is 11.5 Å². The van der Waals surface area contributed by atoms with E-state index < -0.39 is 0 Å². The van der Waals surface area contributed by atoms with Crippen LogP contribution in [0.3, 0.4) is 0 Å². The molecule has 1 aliphatic heterocycles. The SMILES string of the molecule is CC1=CC(C(C)(C)C)C=C(C(C)(C)C)O1. The third-order valence-electron chi connectivity index (χ3n) is 2.76. The summed E-state index contributed by atoms with van der Waals surface area (Å²) in [5.41, 5.74) is 0.362. The van der Waals surface area contributed by atoms with Crippen LogP contribution in [0.15, 0.2) is 23.7 Å². The molecule has 1 heteroatoms. The summed E-state index contributed by atoms with van der Waals surface area (Å²) in [7, 11) is 0. The highest BCUT2D eigenvalue weighted by Gasteiger charge is 2.29. The first-order valence-corrected chi connectivity index (χ1v) is 5.69. The quantitative estimate of drug-likeness (QED) is 0.569. The fourth-order valence-corrected chi connectivity index (χ4v) is 1.61. The molecule has 0 aromatic heterocycles. The lowest BCUT2D eigenvalue weighted by Crippen LogP contribution is -2.23. The Morgan fingerprint density at radius 1 is 1.00 bits per heavy atom. The molecule has 1 aliphatic rings. The third-order valence-corrected chi connectivity index (χ3v) is 2.76. The molecule has 0 aromatic rings. The third kappa shape index (κ3) is 3.12. The summed E-state index contributed by atoms with van der Waals surface area (Å²) in [6, 6.07) is 0. The van der Waals surface area contributed by atoms with Gasteiger partial charge in [-0.15, -0.1) is 0 Å². The van der Waals surface area contributed by atoms with Gasteiger partial charge in [0.05, 0.1) is 5.76 Å². The molecule has 0 amide bonds. The molecule has 1 nitrogen and oxygen atoms in total. The zero-order valence-corrected chi connectivity index (χ0v) is 11.1. The molecule has 0 fully saturated rings. The van der Waals surface area contributed by atoms with Gasteiger partial charge in [0.1, 0.15) is 5.76 Å². The first kappa shape index (κ1) is 12.4. The molecule has 15 heavy (non-hydrogen) atoms. The average molecular weight is 208 g/mol. The van der Waals surface area contributed by atoms with Crippen molar-refractivity contribution in [2.45, 2.75) is 48.5 Å². The molecule has 0 radical (unpaired) electrons. The predicted octanol–water partition coefficient (Wildman–Crippen LogP) is 4.51. The Bertz CT molecular complexity index is 294. The van der Waals surface area contributed by atoms with E-state index in [1.807, 2.05) is 6.92 Å². The minimum absolute atomic E-state index is 0.0962. The summed E-state index contributed by atoms with van der Waals surface area (Å²) in [4.78, 5) is 0. The first-order chi connectivity index (χ1) is 6.60. The Hall–Kier alpha value is -0.720. The molecule has 1 unspecified atom stereocenters. The number of allylic oxidation sites excluding steroid dienone is 4. The summed E-state index contributed by atoms with van der Waals surface area (Å²) in [5, 5.41) is 0. The van der Waals surface area contributed by atoms with Gasteiger partial charge in [-0.2, -0.15) is 0 Å². The van der Waals surface area contributed by atoms with Gasteiger partial charge in [-0.1, -0.05) is 41.5 Å². The molecule has 0 saturated carbocycles.